The van der Waals surface area contributed by atoms with Crippen LogP contribution >= 0.6 is 0 Å². The topological polar surface area (TPSA) is 119 Å². The molecule has 0 aliphatic carbocycles. The van der Waals surface area contributed by atoms with Crippen molar-refractivity contribution in [2.75, 3.05) is 13.7 Å². The number of nitrogens with zero attached hydrogens (tertiary/aromatic N) is 1. The van der Waals surface area contributed by atoms with Crippen molar-refractivity contribution in [1.82, 2.24) is 5.06 Å². The Morgan fingerprint density at radius 3 is 2.67 bits per heavy atom. The second kappa shape index (κ2) is 7.18. The fourth-order valence-corrected chi connectivity index (χ4v) is 3.18. The number of amides is 1. The van der Waals surface area contributed by atoms with Crippen LogP contribution in [-0.2, 0) is 9.47 Å². The van der Waals surface area contributed by atoms with Crippen LogP contribution in [0.2, 0.25) is 0 Å². The van der Waals surface area contributed by atoms with Crippen LogP contribution in [0.15, 0.2) is 39.5 Å². The van der Waals surface area contributed by atoms with E-state index in [1.54, 1.807) is 26.0 Å². The van der Waals surface area contributed by atoms with Gasteiger partial charge in [0.2, 0.25) is 0 Å². The second-order valence-corrected chi connectivity index (χ2v) is 6.78. The van der Waals surface area contributed by atoms with E-state index in [0.717, 1.165) is 0 Å². The Morgan fingerprint density at radius 2 is 2.00 bits per heavy atom. The lowest BCUT2D eigenvalue weighted by molar-refractivity contribution is -0.241. The molecule has 1 aromatic heterocycles. The van der Waals surface area contributed by atoms with Gasteiger partial charge in [-0.1, -0.05) is 0 Å². The second-order valence-electron chi connectivity index (χ2n) is 6.78. The van der Waals surface area contributed by atoms with Crippen LogP contribution in [0.5, 0.6) is 5.75 Å². The van der Waals surface area contributed by atoms with Gasteiger partial charge in [0.15, 0.2) is 5.75 Å². The lowest BCUT2D eigenvalue weighted by Crippen LogP contribution is -2.64. The Kier molecular flexibility index (Phi) is 5.09. The van der Waals surface area contributed by atoms with Crippen molar-refractivity contribution in [1.29, 1.82) is 0 Å². The minimum absolute atomic E-state index is 0.0804. The van der Waals surface area contributed by atoms with Crippen molar-refractivity contribution in [3.05, 3.63) is 40.8 Å². The number of rotatable bonds is 4. The quantitative estimate of drug-likeness (QED) is 0.608. The standard InChI is InChI=1S/C18H21NO8/c1-18(2)16(24-3)15(21)12(9-25-18)19(17(22)23)27-11-6-4-10-5-7-14(20)26-13(10)8-11/h4-8,12,15-16,21H,9H2,1-3H3,(H,22,23)/t12-,15-,16-/m1/s1. The molecule has 1 aromatic carbocycles. The first-order valence-electron chi connectivity index (χ1n) is 8.32. The minimum Gasteiger partial charge on any atom is -0.463 e. The summed E-state index contributed by atoms with van der Waals surface area (Å²) in [6, 6.07) is 6.42. The molecule has 0 spiro atoms. The molecule has 0 unspecified atom stereocenters. The summed E-state index contributed by atoms with van der Waals surface area (Å²) in [5.41, 5.74) is -1.07. The minimum atomic E-state index is -1.41. The molecule has 0 radical (unpaired) electrons. The lowest BCUT2D eigenvalue weighted by Gasteiger charge is -2.46. The number of hydrogen-bond donors (Lipinski definition) is 2. The van der Waals surface area contributed by atoms with E-state index in [1.165, 1.54) is 25.3 Å². The van der Waals surface area contributed by atoms with Gasteiger partial charge in [0.1, 0.15) is 23.8 Å². The maximum Gasteiger partial charge on any atom is 0.441 e. The number of hydroxylamine groups is 2. The number of aliphatic hydroxyl groups is 1. The predicted octanol–water partition coefficient (Wildman–Crippen LogP) is 1.62. The molecule has 1 aliphatic rings. The van der Waals surface area contributed by atoms with E-state index < -0.39 is 35.6 Å². The largest absolute Gasteiger partial charge is 0.463 e. The lowest BCUT2D eigenvalue weighted by atomic mass is 9.89. The van der Waals surface area contributed by atoms with Crippen LogP contribution in [0.25, 0.3) is 11.0 Å². The molecule has 2 N–H and O–H groups in total. The van der Waals surface area contributed by atoms with Crippen LogP contribution in [0.3, 0.4) is 0 Å². The van der Waals surface area contributed by atoms with Crippen LogP contribution in [0.1, 0.15) is 13.8 Å². The molecule has 9 nitrogen and oxygen atoms in total. The Morgan fingerprint density at radius 1 is 1.30 bits per heavy atom. The van der Waals surface area contributed by atoms with Crippen molar-refractivity contribution >= 4 is 17.1 Å². The number of benzene rings is 1. The molecule has 1 saturated heterocycles. The highest BCUT2D eigenvalue weighted by molar-refractivity contribution is 5.77. The highest BCUT2D eigenvalue weighted by Crippen LogP contribution is 2.31. The van der Waals surface area contributed by atoms with Crippen LogP contribution < -0.4 is 10.5 Å². The number of carbonyl (C=O) groups is 1. The Hall–Kier alpha value is -2.62. The molecule has 1 fully saturated rings. The van der Waals surface area contributed by atoms with Gasteiger partial charge in [0, 0.05) is 24.6 Å². The zero-order valence-electron chi connectivity index (χ0n) is 15.1. The summed E-state index contributed by atoms with van der Waals surface area (Å²) in [7, 11) is 1.42. The molecular formula is C18H21NO8. The fraction of sp³-hybridized carbons (Fsp3) is 0.444. The first-order valence-corrected chi connectivity index (χ1v) is 8.32. The molecule has 146 valence electrons. The third kappa shape index (κ3) is 3.75. The van der Waals surface area contributed by atoms with Crippen molar-refractivity contribution in [2.24, 2.45) is 0 Å². The number of aliphatic hydroxyl groups excluding tert-OH is 1. The van der Waals surface area contributed by atoms with E-state index in [9.17, 15) is 19.8 Å². The number of methoxy groups -OCH3 is 1. The van der Waals surface area contributed by atoms with Gasteiger partial charge in [-0.05, 0) is 32.0 Å². The van der Waals surface area contributed by atoms with Crippen LogP contribution in [0.4, 0.5) is 4.79 Å². The molecule has 3 rings (SSSR count). The van der Waals surface area contributed by atoms with E-state index in [2.05, 4.69) is 0 Å². The van der Waals surface area contributed by atoms with Gasteiger partial charge < -0.3 is 28.9 Å². The summed E-state index contributed by atoms with van der Waals surface area (Å²) < 4.78 is 16.1. The number of ether oxygens (including phenoxy) is 2. The summed E-state index contributed by atoms with van der Waals surface area (Å²) in [5, 5.41) is 21.5. The van der Waals surface area contributed by atoms with Crippen molar-refractivity contribution in [2.45, 2.75) is 37.7 Å². The summed E-state index contributed by atoms with van der Waals surface area (Å²) in [5.74, 6) is 0.130. The third-order valence-electron chi connectivity index (χ3n) is 4.56. The van der Waals surface area contributed by atoms with E-state index in [-0.39, 0.29) is 17.9 Å². The highest BCUT2D eigenvalue weighted by Gasteiger charge is 2.49. The van der Waals surface area contributed by atoms with Crippen LogP contribution in [-0.4, -0.2) is 58.9 Å². The Labute approximate surface area is 154 Å². The van der Waals surface area contributed by atoms with Crippen molar-refractivity contribution in [3.63, 3.8) is 0 Å². The van der Waals surface area contributed by atoms with E-state index in [1.807, 2.05) is 0 Å². The smallest absolute Gasteiger partial charge is 0.441 e. The number of carboxylic acid groups (broad SMARTS) is 1. The van der Waals surface area contributed by atoms with Crippen LogP contribution in [0, 0.1) is 0 Å². The van der Waals surface area contributed by atoms with Gasteiger partial charge in [-0.3, -0.25) is 0 Å². The molecule has 0 saturated carbocycles. The molecule has 1 amide bonds. The molecule has 2 aromatic rings. The maximum atomic E-state index is 11.7. The Bertz CT molecular complexity index is 892. The zero-order chi connectivity index (χ0) is 19.8. The molecule has 3 atom stereocenters. The van der Waals surface area contributed by atoms with E-state index in [4.69, 9.17) is 18.7 Å². The van der Waals surface area contributed by atoms with E-state index >= 15 is 0 Å². The average molecular weight is 379 g/mol. The first kappa shape index (κ1) is 19.2. The zero-order valence-corrected chi connectivity index (χ0v) is 15.1. The molecular weight excluding hydrogens is 358 g/mol. The number of fused-ring (bicyclic) bond motifs is 1. The summed E-state index contributed by atoms with van der Waals surface area (Å²) in [4.78, 5) is 28.6. The molecule has 2 heterocycles. The SMILES string of the molecule is CO[C@@H]1[C@H](O)[C@H](N(Oc2ccc3ccc(=O)oc3c2)C(=O)O)COC1(C)C. The molecule has 9 heteroatoms. The number of hydrogen-bond acceptors (Lipinski definition) is 7. The third-order valence-corrected chi connectivity index (χ3v) is 4.56. The van der Waals surface area contributed by atoms with Gasteiger partial charge in [-0.25, -0.2) is 9.59 Å². The average Bonchev–Trinajstić information content (AvgIpc) is 2.59. The molecule has 0 bridgehead atoms. The highest BCUT2D eigenvalue weighted by atomic mass is 16.7. The summed E-state index contributed by atoms with van der Waals surface area (Å²) in [6.45, 7) is 3.42. The normalized spacial score (nSPS) is 24.5. The van der Waals surface area contributed by atoms with Crippen molar-refractivity contribution < 1.29 is 33.7 Å². The monoisotopic (exact) mass is 379 g/mol. The maximum absolute atomic E-state index is 11.7. The summed E-state index contributed by atoms with van der Waals surface area (Å²) >= 11 is 0. The first-order chi connectivity index (χ1) is 12.7. The van der Waals surface area contributed by atoms with Crippen molar-refractivity contribution in [3.8, 4) is 5.75 Å². The Balaban J connectivity index is 1.88. The van der Waals surface area contributed by atoms with E-state index in [0.29, 0.717) is 10.4 Å². The van der Waals surface area contributed by atoms with Gasteiger partial charge >= 0.3 is 11.7 Å². The molecule has 27 heavy (non-hydrogen) atoms. The predicted molar refractivity (Wildman–Crippen MR) is 93.6 cm³/mol. The van der Waals surface area contributed by atoms with Gasteiger partial charge in [-0.2, -0.15) is 0 Å². The fourth-order valence-electron chi connectivity index (χ4n) is 3.18. The molecule has 1 aliphatic heterocycles. The van der Waals surface area contributed by atoms with Gasteiger partial charge in [0.05, 0.1) is 12.2 Å². The van der Waals surface area contributed by atoms with Gasteiger partial charge in [0.25, 0.3) is 0 Å². The van der Waals surface area contributed by atoms with Gasteiger partial charge in [-0.15, -0.1) is 5.06 Å². The summed E-state index contributed by atoms with van der Waals surface area (Å²) in [6.07, 6.45) is -3.34.